The Kier molecular flexibility index (Phi) is 5.32. The van der Waals surface area contributed by atoms with Crippen LogP contribution in [0.4, 0.5) is 0 Å². The molecule has 1 unspecified atom stereocenters. The zero-order valence-corrected chi connectivity index (χ0v) is 12.8. The average molecular weight is 303 g/mol. The molecule has 0 aliphatic carbocycles. The Morgan fingerprint density at radius 1 is 1.53 bits per heavy atom. The van der Waals surface area contributed by atoms with Gasteiger partial charge in [-0.25, -0.2) is 18.1 Å². The number of aromatic nitrogens is 1. The van der Waals surface area contributed by atoms with Crippen molar-refractivity contribution in [2.45, 2.75) is 38.6 Å². The highest BCUT2D eigenvalue weighted by Gasteiger charge is 2.20. The van der Waals surface area contributed by atoms with Crippen LogP contribution < -0.4 is 10.0 Å². The highest BCUT2D eigenvalue weighted by atomic mass is 32.2. The third kappa shape index (κ3) is 5.18. The topological polar surface area (TPSA) is 71.1 Å². The third-order valence-electron chi connectivity index (χ3n) is 3.20. The van der Waals surface area contributed by atoms with Crippen molar-refractivity contribution in [2.24, 2.45) is 0 Å². The summed E-state index contributed by atoms with van der Waals surface area (Å²) in [5.74, 6) is 0.184. The van der Waals surface area contributed by atoms with Crippen molar-refractivity contribution in [2.75, 3.05) is 18.8 Å². The summed E-state index contributed by atoms with van der Waals surface area (Å²) < 4.78 is 26.5. The number of aryl methyl sites for hydroxylation is 1. The van der Waals surface area contributed by atoms with E-state index < -0.39 is 10.0 Å². The second kappa shape index (κ2) is 6.78. The molecular weight excluding hydrogens is 282 g/mol. The average Bonchev–Trinajstić information content (AvgIpc) is 2.75. The molecule has 1 saturated heterocycles. The zero-order chi connectivity index (χ0) is 13.7. The smallest absolute Gasteiger partial charge is 0.213 e. The lowest BCUT2D eigenvalue weighted by atomic mass is 10.1. The predicted molar refractivity (Wildman–Crippen MR) is 78.0 cm³/mol. The van der Waals surface area contributed by atoms with Gasteiger partial charge in [0.15, 0.2) is 0 Å². The second-order valence-electron chi connectivity index (χ2n) is 4.93. The van der Waals surface area contributed by atoms with E-state index in [-0.39, 0.29) is 11.8 Å². The summed E-state index contributed by atoms with van der Waals surface area (Å²) >= 11 is 1.59. The summed E-state index contributed by atoms with van der Waals surface area (Å²) in [5.41, 5.74) is 0.959. The molecule has 0 aromatic carbocycles. The first-order valence-electron chi connectivity index (χ1n) is 6.67. The molecule has 1 aliphatic rings. The van der Waals surface area contributed by atoms with Gasteiger partial charge in [-0.3, -0.25) is 0 Å². The van der Waals surface area contributed by atoms with Gasteiger partial charge in [0.1, 0.15) is 0 Å². The summed E-state index contributed by atoms with van der Waals surface area (Å²) in [4.78, 5) is 4.32. The number of hydrogen-bond acceptors (Lipinski definition) is 5. The monoisotopic (exact) mass is 303 g/mol. The normalized spacial score (nSPS) is 20.6. The van der Waals surface area contributed by atoms with Crippen molar-refractivity contribution >= 4 is 21.4 Å². The van der Waals surface area contributed by atoms with Crippen molar-refractivity contribution in [1.82, 2.24) is 15.0 Å². The molecule has 0 radical (unpaired) electrons. The Hall–Kier alpha value is -0.500. The molecule has 1 atom stereocenters. The lowest BCUT2D eigenvalue weighted by Crippen LogP contribution is -2.42. The fraction of sp³-hybridized carbons (Fsp3) is 0.750. The van der Waals surface area contributed by atoms with Gasteiger partial charge >= 0.3 is 0 Å². The molecule has 0 spiro atoms. The lowest BCUT2D eigenvalue weighted by molar-refractivity contribution is 0.422. The summed E-state index contributed by atoms with van der Waals surface area (Å²) in [6.45, 7) is 3.31. The van der Waals surface area contributed by atoms with E-state index in [9.17, 15) is 8.42 Å². The molecule has 7 heteroatoms. The van der Waals surface area contributed by atoms with E-state index in [2.05, 4.69) is 15.0 Å². The van der Waals surface area contributed by atoms with Gasteiger partial charge < -0.3 is 5.32 Å². The Morgan fingerprint density at radius 3 is 3.00 bits per heavy atom. The maximum absolute atomic E-state index is 11.9. The molecule has 0 amide bonds. The fourth-order valence-corrected chi connectivity index (χ4v) is 4.24. The number of thiazole rings is 1. The fourth-order valence-electron chi connectivity index (χ4n) is 2.25. The second-order valence-corrected chi connectivity index (χ2v) is 7.84. The van der Waals surface area contributed by atoms with Crippen LogP contribution in [-0.2, 0) is 16.4 Å². The number of nitrogens with zero attached hydrogens (tertiary/aromatic N) is 1. The van der Waals surface area contributed by atoms with Gasteiger partial charge in [0, 0.05) is 24.4 Å². The third-order valence-corrected chi connectivity index (χ3v) is 5.51. The molecular formula is C12H21N3O2S2. The number of sulfonamides is 1. The van der Waals surface area contributed by atoms with Crippen LogP contribution in [0.5, 0.6) is 0 Å². The van der Waals surface area contributed by atoms with Crippen molar-refractivity contribution in [3.63, 3.8) is 0 Å². The zero-order valence-electron chi connectivity index (χ0n) is 11.2. The molecule has 19 heavy (non-hydrogen) atoms. The van der Waals surface area contributed by atoms with Crippen molar-refractivity contribution < 1.29 is 8.42 Å². The molecule has 5 nitrogen and oxygen atoms in total. The maximum Gasteiger partial charge on any atom is 0.213 e. The van der Waals surface area contributed by atoms with Crippen LogP contribution in [0.3, 0.4) is 0 Å². The first kappa shape index (κ1) is 14.9. The van der Waals surface area contributed by atoms with Crippen LogP contribution in [0.25, 0.3) is 0 Å². The summed E-state index contributed by atoms with van der Waals surface area (Å²) in [6, 6.07) is 0.104. The minimum absolute atomic E-state index is 0.104. The largest absolute Gasteiger partial charge is 0.313 e. The van der Waals surface area contributed by atoms with Crippen LogP contribution >= 0.6 is 11.3 Å². The van der Waals surface area contributed by atoms with Gasteiger partial charge in [0.05, 0.1) is 16.5 Å². The van der Waals surface area contributed by atoms with Crippen molar-refractivity contribution in [1.29, 1.82) is 0 Å². The minimum Gasteiger partial charge on any atom is -0.313 e. The maximum atomic E-state index is 11.9. The van der Waals surface area contributed by atoms with Crippen LogP contribution in [0.2, 0.25) is 0 Å². The van der Waals surface area contributed by atoms with E-state index in [1.807, 2.05) is 12.3 Å². The van der Waals surface area contributed by atoms with Crippen molar-refractivity contribution in [3.8, 4) is 0 Å². The van der Waals surface area contributed by atoms with Gasteiger partial charge in [0.2, 0.25) is 10.0 Å². The van der Waals surface area contributed by atoms with E-state index in [0.717, 1.165) is 36.5 Å². The van der Waals surface area contributed by atoms with Gasteiger partial charge in [-0.05, 0) is 26.3 Å². The highest BCUT2D eigenvalue weighted by molar-refractivity contribution is 7.89. The van der Waals surface area contributed by atoms with Gasteiger partial charge in [-0.2, -0.15) is 0 Å². The standard InChI is InChI=1S/C12H21N3O2S2/c1-10-15-11(8-18-10)5-7-14-19(16,17)9-12-4-2-3-6-13-12/h8,12-14H,2-7,9H2,1H3. The van der Waals surface area contributed by atoms with E-state index >= 15 is 0 Å². The minimum atomic E-state index is -3.18. The first-order valence-corrected chi connectivity index (χ1v) is 9.20. The van der Waals surface area contributed by atoms with Crippen LogP contribution in [0, 0.1) is 6.92 Å². The van der Waals surface area contributed by atoms with E-state index in [1.54, 1.807) is 11.3 Å². The molecule has 2 heterocycles. The van der Waals surface area contributed by atoms with Gasteiger partial charge in [0.25, 0.3) is 0 Å². The van der Waals surface area contributed by atoms with Crippen molar-refractivity contribution in [3.05, 3.63) is 16.1 Å². The molecule has 108 valence electrons. The van der Waals surface area contributed by atoms with Crippen LogP contribution in [-0.4, -0.2) is 38.3 Å². The predicted octanol–water partition coefficient (Wildman–Crippen LogP) is 1.06. The Labute approximate surface area is 118 Å². The summed E-state index contributed by atoms with van der Waals surface area (Å²) in [7, 11) is -3.18. The molecule has 1 aromatic heterocycles. The number of rotatable bonds is 6. The SMILES string of the molecule is Cc1nc(CCNS(=O)(=O)CC2CCCCN2)cs1. The van der Waals surface area contributed by atoms with E-state index in [0.29, 0.717) is 13.0 Å². The summed E-state index contributed by atoms with van der Waals surface area (Å²) in [6.07, 6.45) is 3.87. The summed E-state index contributed by atoms with van der Waals surface area (Å²) in [5, 5.41) is 6.25. The molecule has 1 aromatic rings. The molecule has 0 saturated carbocycles. The van der Waals surface area contributed by atoms with Crippen LogP contribution in [0.15, 0.2) is 5.38 Å². The van der Waals surface area contributed by atoms with E-state index in [1.165, 1.54) is 0 Å². The quantitative estimate of drug-likeness (QED) is 0.824. The highest BCUT2D eigenvalue weighted by Crippen LogP contribution is 2.09. The lowest BCUT2D eigenvalue weighted by Gasteiger charge is -2.23. The number of piperidine rings is 1. The molecule has 2 rings (SSSR count). The number of nitrogens with one attached hydrogen (secondary N) is 2. The Bertz CT molecular complexity index is 493. The first-order chi connectivity index (χ1) is 9.05. The Morgan fingerprint density at radius 2 is 2.37 bits per heavy atom. The number of hydrogen-bond donors (Lipinski definition) is 2. The van der Waals surface area contributed by atoms with Gasteiger partial charge in [-0.15, -0.1) is 11.3 Å². The van der Waals surface area contributed by atoms with Gasteiger partial charge in [-0.1, -0.05) is 6.42 Å². The Balaban J connectivity index is 1.74. The van der Waals surface area contributed by atoms with Crippen LogP contribution in [0.1, 0.15) is 30.0 Å². The molecule has 2 N–H and O–H groups in total. The molecule has 1 aliphatic heterocycles. The molecule has 0 bridgehead atoms. The van der Waals surface area contributed by atoms with E-state index in [4.69, 9.17) is 0 Å². The molecule has 1 fully saturated rings.